The Kier molecular flexibility index (Phi) is 4.39. The van der Waals surface area contributed by atoms with Crippen LogP contribution in [-0.4, -0.2) is 20.6 Å². The first-order valence-electron chi connectivity index (χ1n) is 6.42. The lowest BCUT2D eigenvalue weighted by Crippen LogP contribution is -2.20. The molecule has 0 saturated heterocycles. The van der Waals surface area contributed by atoms with Gasteiger partial charge in [-0.3, -0.25) is 0 Å². The summed E-state index contributed by atoms with van der Waals surface area (Å²) < 4.78 is 12.8. The summed E-state index contributed by atoms with van der Waals surface area (Å²) in [4.78, 5) is 2.20. The second-order valence-corrected chi connectivity index (χ2v) is 4.59. The molecule has 0 spiro atoms. The predicted octanol–water partition coefficient (Wildman–Crippen LogP) is 3.55. The van der Waals surface area contributed by atoms with Crippen LogP contribution < -0.4 is 10.2 Å². The molecule has 2 rings (SSSR count). The normalized spacial score (nSPS) is 10.3. The Morgan fingerprint density at radius 3 is 2.21 bits per heavy atom. The van der Waals surface area contributed by atoms with Crippen molar-refractivity contribution in [2.24, 2.45) is 0 Å². The van der Waals surface area contributed by atoms with Crippen molar-refractivity contribution >= 4 is 11.4 Å². The van der Waals surface area contributed by atoms with E-state index in [1.807, 2.05) is 19.2 Å². The number of halogens is 1. The molecule has 0 aromatic heterocycles. The Bertz CT molecular complexity index is 505. The van der Waals surface area contributed by atoms with Crippen molar-refractivity contribution in [3.8, 4) is 0 Å². The second-order valence-electron chi connectivity index (χ2n) is 4.59. The topological polar surface area (TPSA) is 15.3 Å². The molecule has 0 saturated carbocycles. The van der Waals surface area contributed by atoms with Gasteiger partial charge in [-0.2, -0.15) is 0 Å². The molecule has 0 bridgehead atoms. The number of benzene rings is 2. The Morgan fingerprint density at radius 2 is 1.63 bits per heavy atom. The first-order valence-corrected chi connectivity index (χ1v) is 6.42. The van der Waals surface area contributed by atoms with Gasteiger partial charge in [-0.25, -0.2) is 4.39 Å². The first-order chi connectivity index (χ1) is 9.19. The molecule has 0 aliphatic rings. The SMILES string of the molecule is CNc1ccc(N(C)CCc2ccc(F)cc2)cc1. The number of nitrogens with zero attached hydrogens (tertiary/aromatic N) is 1. The molecular formula is C16H19FN2. The van der Waals surface area contributed by atoms with Gasteiger partial charge < -0.3 is 10.2 Å². The summed E-state index contributed by atoms with van der Waals surface area (Å²) in [5.74, 6) is -0.181. The Balaban J connectivity index is 1.93. The van der Waals surface area contributed by atoms with Crippen molar-refractivity contribution in [2.75, 3.05) is 30.9 Å². The van der Waals surface area contributed by atoms with Crippen molar-refractivity contribution < 1.29 is 4.39 Å². The molecule has 0 aliphatic carbocycles. The van der Waals surface area contributed by atoms with E-state index in [1.54, 1.807) is 0 Å². The van der Waals surface area contributed by atoms with Crippen molar-refractivity contribution in [3.63, 3.8) is 0 Å². The average molecular weight is 258 g/mol. The highest BCUT2D eigenvalue weighted by molar-refractivity contribution is 5.54. The Hall–Kier alpha value is -2.03. The molecule has 3 heteroatoms. The van der Waals surface area contributed by atoms with Crippen LogP contribution in [0.4, 0.5) is 15.8 Å². The summed E-state index contributed by atoms with van der Waals surface area (Å²) in [6.45, 7) is 0.907. The van der Waals surface area contributed by atoms with Crippen molar-refractivity contribution in [2.45, 2.75) is 6.42 Å². The second kappa shape index (κ2) is 6.23. The average Bonchev–Trinajstić information content (AvgIpc) is 2.46. The minimum absolute atomic E-state index is 0.181. The van der Waals surface area contributed by atoms with Gasteiger partial charge >= 0.3 is 0 Å². The predicted molar refractivity (Wildman–Crippen MR) is 79.4 cm³/mol. The quantitative estimate of drug-likeness (QED) is 0.882. The van der Waals surface area contributed by atoms with E-state index in [2.05, 4.69) is 41.5 Å². The lowest BCUT2D eigenvalue weighted by Gasteiger charge is -2.19. The van der Waals surface area contributed by atoms with Gasteiger partial charge in [0.15, 0.2) is 0 Å². The van der Waals surface area contributed by atoms with Crippen molar-refractivity contribution in [3.05, 3.63) is 59.9 Å². The van der Waals surface area contributed by atoms with Crippen LogP contribution in [0, 0.1) is 5.82 Å². The Morgan fingerprint density at radius 1 is 1.00 bits per heavy atom. The van der Waals surface area contributed by atoms with Crippen LogP contribution in [0.5, 0.6) is 0 Å². The highest BCUT2D eigenvalue weighted by atomic mass is 19.1. The molecule has 0 fully saturated rings. The molecule has 1 N–H and O–H groups in total. The highest BCUT2D eigenvalue weighted by Crippen LogP contribution is 2.16. The number of likely N-dealkylation sites (N-methyl/N-ethyl adjacent to an activating group) is 1. The number of rotatable bonds is 5. The third kappa shape index (κ3) is 3.71. The van der Waals surface area contributed by atoms with Gasteiger partial charge in [-0.05, 0) is 48.4 Å². The van der Waals surface area contributed by atoms with Gasteiger partial charge in [-0.15, -0.1) is 0 Å². The van der Waals surface area contributed by atoms with Gasteiger partial charge in [0.05, 0.1) is 0 Å². The fraction of sp³-hybridized carbons (Fsp3) is 0.250. The van der Waals surface area contributed by atoms with Crippen LogP contribution in [0.3, 0.4) is 0 Å². The zero-order chi connectivity index (χ0) is 13.7. The van der Waals surface area contributed by atoms with E-state index in [-0.39, 0.29) is 5.82 Å². The summed E-state index contributed by atoms with van der Waals surface area (Å²) >= 11 is 0. The maximum absolute atomic E-state index is 12.8. The minimum Gasteiger partial charge on any atom is -0.388 e. The first kappa shape index (κ1) is 13.4. The van der Waals surface area contributed by atoms with Crippen LogP contribution in [-0.2, 0) is 6.42 Å². The van der Waals surface area contributed by atoms with Gasteiger partial charge in [0.1, 0.15) is 5.82 Å². The summed E-state index contributed by atoms with van der Waals surface area (Å²) in [5, 5.41) is 3.10. The summed E-state index contributed by atoms with van der Waals surface area (Å²) in [6.07, 6.45) is 0.907. The third-order valence-corrected chi connectivity index (χ3v) is 3.25. The van der Waals surface area contributed by atoms with Crippen molar-refractivity contribution in [1.29, 1.82) is 0 Å². The largest absolute Gasteiger partial charge is 0.388 e. The van der Waals surface area contributed by atoms with Gasteiger partial charge in [0, 0.05) is 32.0 Å². The molecular weight excluding hydrogens is 239 g/mol. The maximum Gasteiger partial charge on any atom is 0.123 e. The monoisotopic (exact) mass is 258 g/mol. The highest BCUT2D eigenvalue weighted by Gasteiger charge is 2.01. The van der Waals surface area contributed by atoms with E-state index in [0.717, 1.165) is 24.2 Å². The van der Waals surface area contributed by atoms with E-state index in [1.165, 1.54) is 17.8 Å². The van der Waals surface area contributed by atoms with Crippen LogP contribution in [0.25, 0.3) is 0 Å². The number of anilines is 2. The van der Waals surface area contributed by atoms with E-state index < -0.39 is 0 Å². The molecule has 0 heterocycles. The molecule has 100 valence electrons. The molecule has 2 aromatic rings. The maximum atomic E-state index is 12.8. The van der Waals surface area contributed by atoms with E-state index in [0.29, 0.717) is 0 Å². The molecule has 19 heavy (non-hydrogen) atoms. The van der Waals surface area contributed by atoms with E-state index in [4.69, 9.17) is 0 Å². The molecule has 0 amide bonds. The standard InChI is InChI=1S/C16H19FN2/c1-18-15-7-9-16(10-8-15)19(2)12-11-13-3-5-14(17)6-4-13/h3-10,18H,11-12H2,1-2H3. The van der Waals surface area contributed by atoms with Crippen LogP contribution in [0.15, 0.2) is 48.5 Å². The van der Waals surface area contributed by atoms with Gasteiger partial charge in [0.25, 0.3) is 0 Å². The van der Waals surface area contributed by atoms with Crippen molar-refractivity contribution in [1.82, 2.24) is 0 Å². The fourth-order valence-corrected chi connectivity index (χ4v) is 1.96. The van der Waals surface area contributed by atoms with Crippen LogP contribution >= 0.6 is 0 Å². The smallest absolute Gasteiger partial charge is 0.123 e. The number of hydrogen-bond donors (Lipinski definition) is 1. The molecule has 0 aliphatic heterocycles. The van der Waals surface area contributed by atoms with Crippen LogP contribution in [0.1, 0.15) is 5.56 Å². The third-order valence-electron chi connectivity index (χ3n) is 3.25. The molecule has 2 aromatic carbocycles. The van der Waals surface area contributed by atoms with Crippen LogP contribution in [0.2, 0.25) is 0 Å². The number of nitrogens with one attached hydrogen (secondary N) is 1. The minimum atomic E-state index is -0.181. The zero-order valence-electron chi connectivity index (χ0n) is 11.4. The van der Waals surface area contributed by atoms with E-state index >= 15 is 0 Å². The fourth-order valence-electron chi connectivity index (χ4n) is 1.96. The summed E-state index contributed by atoms with van der Waals surface area (Å²) in [5.41, 5.74) is 3.44. The number of hydrogen-bond acceptors (Lipinski definition) is 2. The van der Waals surface area contributed by atoms with E-state index in [9.17, 15) is 4.39 Å². The molecule has 2 nitrogen and oxygen atoms in total. The summed E-state index contributed by atoms with van der Waals surface area (Å²) in [6, 6.07) is 15.0. The lowest BCUT2D eigenvalue weighted by molar-refractivity contribution is 0.627. The zero-order valence-corrected chi connectivity index (χ0v) is 11.4. The lowest BCUT2D eigenvalue weighted by atomic mass is 10.1. The van der Waals surface area contributed by atoms with Gasteiger partial charge in [-0.1, -0.05) is 12.1 Å². The Labute approximate surface area is 113 Å². The molecule has 0 atom stereocenters. The molecule has 0 radical (unpaired) electrons. The summed E-state index contributed by atoms with van der Waals surface area (Å²) in [7, 11) is 3.98. The molecule has 0 unspecified atom stereocenters. The van der Waals surface area contributed by atoms with Gasteiger partial charge in [0.2, 0.25) is 0 Å².